The van der Waals surface area contributed by atoms with Crippen LogP contribution in [-0.2, 0) is 15.2 Å². The van der Waals surface area contributed by atoms with Crippen molar-refractivity contribution in [3.05, 3.63) is 52.0 Å². The summed E-state index contributed by atoms with van der Waals surface area (Å²) < 4.78 is 25.0. The van der Waals surface area contributed by atoms with Gasteiger partial charge in [-0.1, -0.05) is 12.1 Å². The average Bonchev–Trinajstić information content (AvgIpc) is 2.87. The van der Waals surface area contributed by atoms with Crippen molar-refractivity contribution in [1.29, 1.82) is 0 Å². The van der Waals surface area contributed by atoms with Gasteiger partial charge in [0.05, 0.1) is 13.2 Å². The number of aromatic amines is 1. The zero-order valence-electron chi connectivity index (χ0n) is 13.1. The highest BCUT2D eigenvalue weighted by Gasteiger charge is 2.44. The highest BCUT2D eigenvalue weighted by atomic mass is 19.1. The lowest BCUT2D eigenvalue weighted by Crippen LogP contribution is -2.62. The van der Waals surface area contributed by atoms with Gasteiger partial charge >= 0.3 is 5.69 Å². The maximum Gasteiger partial charge on any atom is 0.363 e. The maximum absolute atomic E-state index is 13.3. The predicted molar refractivity (Wildman–Crippen MR) is 81.2 cm³/mol. The summed E-state index contributed by atoms with van der Waals surface area (Å²) in [5.74, 6) is 0.194. The van der Waals surface area contributed by atoms with Gasteiger partial charge in [-0.15, -0.1) is 0 Å². The maximum atomic E-state index is 13.3. The molecule has 1 saturated heterocycles. The fourth-order valence-electron chi connectivity index (χ4n) is 2.89. The predicted octanol–water partition coefficient (Wildman–Crippen LogP) is 0.877. The Balaban J connectivity index is 2.12. The number of morpholine rings is 1. The van der Waals surface area contributed by atoms with Crippen molar-refractivity contribution in [3.63, 3.8) is 0 Å². The Morgan fingerprint density at radius 3 is 2.78 bits per heavy atom. The minimum Gasteiger partial charge on any atom is -0.374 e. The number of benzene rings is 1. The van der Waals surface area contributed by atoms with E-state index < -0.39 is 11.4 Å². The van der Waals surface area contributed by atoms with Gasteiger partial charge in [0.15, 0.2) is 0 Å². The molecule has 0 bridgehead atoms. The van der Waals surface area contributed by atoms with Gasteiger partial charge in [0.25, 0.3) is 0 Å². The molecule has 1 atom stereocenters. The van der Waals surface area contributed by atoms with E-state index in [1.807, 2.05) is 11.9 Å². The molecule has 0 radical (unpaired) electrons. The van der Waals surface area contributed by atoms with Crippen LogP contribution in [0.25, 0.3) is 0 Å². The first-order valence-corrected chi connectivity index (χ1v) is 7.48. The highest BCUT2D eigenvalue weighted by Crippen LogP contribution is 2.32. The van der Waals surface area contributed by atoms with Crippen molar-refractivity contribution in [2.45, 2.75) is 19.6 Å². The Hall–Kier alpha value is -2.19. The molecule has 0 amide bonds. The van der Waals surface area contributed by atoms with E-state index >= 15 is 0 Å². The average molecular weight is 322 g/mol. The normalized spacial score (nSPS) is 21.6. The molecule has 1 fully saturated rings. The van der Waals surface area contributed by atoms with Crippen LogP contribution in [0.4, 0.5) is 4.39 Å². The van der Waals surface area contributed by atoms with Gasteiger partial charge in [-0.2, -0.15) is 9.77 Å². The molecule has 0 saturated carbocycles. The standard InChI is InChI=1S/C15H19FN4O3/c1-3-23-15(12-4-6-13(16)7-5-12)10-22-9-8-19(15)20-11(2)17-14(21)18-20/h4-7H,3,8-10H2,1-2H3,(H,18,21)/t15-/m1/s1. The molecule has 2 aromatic rings. The largest absolute Gasteiger partial charge is 0.374 e. The van der Waals surface area contributed by atoms with Crippen molar-refractivity contribution in [2.75, 3.05) is 31.4 Å². The smallest absolute Gasteiger partial charge is 0.363 e. The SMILES string of the molecule is CCO[C@@]1(c2ccc(F)cc2)COCCN1n1[nH]c(=O)nc1C. The lowest BCUT2D eigenvalue weighted by atomic mass is 10.0. The van der Waals surface area contributed by atoms with Gasteiger partial charge in [-0.25, -0.2) is 14.3 Å². The number of hydrogen-bond donors (Lipinski definition) is 1. The fourth-order valence-corrected chi connectivity index (χ4v) is 2.89. The van der Waals surface area contributed by atoms with Crippen molar-refractivity contribution < 1.29 is 13.9 Å². The molecular weight excluding hydrogens is 303 g/mol. The van der Waals surface area contributed by atoms with Crippen LogP contribution in [0.15, 0.2) is 29.1 Å². The van der Waals surface area contributed by atoms with Crippen molar-refractivity contribution >= 4 is 0 Å². The fraction of sp³-hybridized carbons (Fsp3) is 0.467. The Labute approximate surface area is 132 Å². The first-order chi connectivity index (χ1) is 11.1. The lowest BCUT2D eigenvalue weighted by molar-refractivity contribution is -0.139. The van der Waals surface area contributed by atoms with E-state index in [0.717, 1.165) is 5.56 Å². The number of ether oxygens (including phenoxy) is 2. The van der Waals surface area contributed by atoms with Gasteiger partial charge in [0.2, 0.25) is 5.72 Å². The molecule has 0 spiro atoms. The molecule has 124 valence electrons. The summed E-state index contributed by atoms with van der Waals surface area (Å²) in [5.41, 5.74) is -0.650. The minimum atomic E-state index is -0.963. The summed E-state index contributed by atoms with van der Waals surface area (Å²) in [5, 5.41) is 4.53. The molecule has 0 aliphatic carbocycles. The highest BCUT2D eigenvalue weighted by molar-refractivity contribution is 5.28. The number of aryl methyl sites for hydroxylation is 1. The van der Waals surface area contributed by atoms with E-state index in [1.54, 1.807) is 23.8 Å². The van der Waals surface area contributed by atoms with Crippen LogP contribution in [0.5, 0.6) is 0 Å². The molecule has 7 nitrogen and oxygen atoms in total. The van der Waals surface area contributed by atoms with E-state index in [4.69, 9.17) is 9.47 Å². The molecule has 8 heteroatoms. The number of rotatable bonds is 4. The van der Waals surface area contributed by atoms with Crippen molar-refractivity contribution in [3.8, 4) is 0 Å². The summed E-state index contributed by atoms with van der Waals surface area (Å²) in [6.07, 6.45) is 0. The second kappa shape index (κ2) is 6.13. The third-order valence-corrected chi connectivity index (χ3v) is 3.85. The number of H-pyrrole nitrogens is 1. The molecular formula is C15H19FN4O3. The summed E-state index contributed by atoms with van der Waals surface area (Å²) in [6.45, 7) is 5.26. The molecule has 1 aromatic carbocycles. The van der Waals surface area contributed by atoms with E-state index in [9.17, 15) is 9.18 Å². The lowest BCUT2D eigenvalue weighted by Gasteiger charge is -2.47. The van der Waals surface area contributed by atoms with Crippen LogP contribution in [0.1, 0.15) is 18.3 Å². The third-order valence-electron chi connectivity index (χ3n) is 3.85. The van der Waals surface area contributed by atoms with E-state index in [1.165, 1.54) is 12.1 Å². The molecule has 1 N–H and O–H groups in total. The van der Waals surface area contributed by atoms with Gasteiger partial charge in [-0.05, 0) is 26.0 Å². The number of aromatic nitrogens is 3. The van der Waals surface area contributed by atoms with Gasteiger partial charge in [-0.3, -0.25) is 5.01 Å². The Morgan fingerprint density at radius 1 is 1.43 bits per heavy atom. The summed E-state index contributed by atoms with van der Waals surface area (Å²) in [6, 6.07) is 6.09. The molecule has 1 aliphatic heterocycles. The number of nitrogens with one attached hydrogen (secondary N) is 1. The Kier molecular flexibility index (Phi) is 4.18. The molecule has 1 aromatic heterocycles. The van der Waals surface area contributed by atoms with Crippen LogP contribution >= 0.6 is 0 Å². The van der Waals surface area contributed by atoms with Gasteiger partial charge in [0, 0.05) is 12.2 Å². The van der Waals surface area contributed by atoms with Crippen LogP contribution in [0.2, 0.25) is 0 Å². The second-order valence-electron chi connectivity index (χ2n) is 5.29. The topological polar surface area (TPSA) is 72.4 Å². The quantitative estimate of drug-likeness (QED) is 0.904. The van der Waals surface area contributed by atoms with E-state index in [0.29, 0.717) is 25.6 Å². The number of hydrogen-bond acceptors (Lipinski definition) is 5. The zero-order valence-corrected chi connectivity index (χ0v) is 13.1. The summed E-state index contributed by atoms with van der Waals surface area (Å²) in [7, 11) is 0. The molecule has 23 heavy (non-hydrogen) atoms. The molecule has 3 rings (SSSR count). The monoisotopic (exact) mass is 322 g/mol. The Bertz CT molecular complexity index is 723. The van der Waals surface area contributed by atoms with Crippen LogP contribution < -0.4 is 10.7 Å². The second-order valence-corrected chi connectivity index (χ2v) is 5.29. The van der Waals surface area contributed by atoms with Crippen molar-refractivity contribution in [1.82, 2.24) is 14.9 Å². The van der Waals surface area contributed by atoms with Crippen LogP contribution in [-0.4, -0.2) is 41.2 Å². The first kappa shape index (κ1) is 15.7. The Morgan fingerprint density at radius 2 is 2.17 bits per heavy atom. The minimum absolute atomic E-state index is 0.256. The van der Waals surface area contributed by atoms with Crippen molar-refractivity contribution in [2.24, 2.45) is 0 Å². The number of nitrogens with zero attached hydrogens (tertiary/aromatic N) is 3. The molecule has 0 unspecified atom stereocenters. The van der Waals surface area contributed by atoms with E-state index in [-0.39, 0.29) is 12.4 Å². The van der Waals surface area contributed by atoms with Crippen LogP contribution in [0, 0.1) is 12.7 Å². The van der Waals surface area contributed by atoms with Gasteiger partial charge in [0.1, 0.15) is 18.2 Å². The first-order valence-electron chi connectivity index (χ1n) is 7.48. The van der Waals surface area contributed by atoms with E-state index in [2.05, 4.69) is 10.1 Å². The zero-order chi connectivity index (χ0) is 16.4. The molecule has 2 heterocycles. The molecule has 1 aliphatic rings. The van der Waals surface area contributed by atoms with Crippen LogP contribution in [0.3, 0.4) is 0 Å². The summed E-state index contributed by atoms with van der Waals surface area (Å²) in [4.78, 5) is 17.0. The van der Waals surface area contributed by atoms with Gasteiger partial charge < -0.3 is 9.47 Å². The summed E-state index contributed by atoms with van der Waals surface area (Å²) >= 11 is 0. The number of halogens is 1. The third kappa shape index (κ3) is 2.75.